The predicted molar refractivity (Wildman–Crippen MR) is 57.7 cm³/mol. The number of hydrogen-bond acceptors (Lipinski definition) is 2. The molecule has 1 aliphatic heterocycles. The predicted octanol–water partition coefficient (Wildman–Crippen LogP) is 1.93. The molecule has 0 spiro atoms. The highest BCUT2D eigenvalue weighted by molar-refractivity contribution is 5.04. The summed E-state index contributed by atoms with van der Waals surface area (Å²) in [5.74, 6) is 0. The molecular weight excluding hydrogens is 160 g/mol. The van der Waals surface area contributed by atoms with Gasteiger partial charge in [0.2, 0.25) is 0 Å². The normalized spacial score (nSPS) is 26.7. The Hall–Kier alpha value is -0.500. The van der Waals surface area contributed by atoms with Crippen LogP contribution in [-0.4, -0.2) is 41.5 Å². The molecule has 0 aromatic carbocycles. The number of likely N-dealkylation sites (N-methyl/N-ethyl adjacent to an activating group) is 1. The summed E-state index contributed by atoms with van der Waals surface area (Å²) in [5, 5.41) is 0. The van der Waals surface area contributed by atoms with Crippen LogP contribution >= 0.6 is 0 Å². The smallest absolute Gasteiger partial charge is 0.0386 e. The van der Waals surface area contributed by atoms with Crippen LogP contribution < -0.4 is 0 Å². The minimum Gasteiger partial charge on any atom is -0.376 e. The number of piperazine rings is 1. The Labute approximate surface area is 82.2 Å². The first-order valence-electron chi connectivity index (χ1n) is 4.98. The van der Waals surface area contributed by atoms with Gasteiger partial charge in [-0.25, -0.2) is 0 Å². The summed E-state index contributed by atoms with van der Waals surface area (Å²) < 4.78 is 0. The molecule has 0 bridgehead atoms. The quantitative estimate of drug-likeness (QED) is 0.565. The second-order valence-electron chi connectivity index (χ2n) is 5.09. The zero-order chi connectivity index (χ0) is 10.2. The third kappa shape index (κ3) is 2.25. The van der Waals surface area contributed by atoms with Gasteiger partial charge < -0.3 is 4.90 Å². The maximum Gasteiger partial charge on any atom is 0.0386 e. The minimum absolute atomic E-state index is 0.254. The second-order valence-corrected chi connectivity index (χ2v) is 5.09. The highest BCUT2D eigenvalue weighted by Gasteiger charge is 2.31. The first-order chi connectivity index (χ1) is 5.82. The van der Waals surface area contributed by atoms with Crippen LogP contribution in [0.4, 0.5) is 0 Å². The van der Waals surface area contributed by atoms with Crippen molar-refractivity contribution in [2.75, 3.05) is 20.1 Å². The van der Waals surface area contributed by atoms with Gasteiger partial charge in [0.1, 0.15) is 0 Å². The summed E-state index contributed by atoms with van der Waals surface area (Å²) in [6, 6.07) is 0.621. The highest BCUT2D eigenvalue weighted by Crippen LogP contribution is 2.23. The van der Waals surface area contributed by atoms with Gasteiger partial charge in [0.05, 0.1) is 0 Å². The van der Waals surface area contributed by atoms with Crippen LogP contribution in [0.15, 0.2) is 12.3 Å². The first-order valence-corrected chi connectivity index (χ1v) is 4.98. The topological polar surface area (TPSA) is 6.48 Å². The van der Waals surface area contributed by atoms with Gasteiger partial charge in [-0.15, -0.1) is 0 Å². The molecular formula is C11H22N2. The highest BCUT2D eigenvalue weighted by atomic mass is 15.3. The van der Waals surface area contributed by atoms with Crippen LogP contribution in [0.2, 0.25) is 0 Å². The van der Waals surface area contributed by atoms with Gasteiger partial charge in [-0.05, 0) is 27.7 Å². The van der Waals surface area contributed by atoms with Gasteiger partial charge >= 0.3 is 0 Å². The maximum absolute atomic E-state index is 4.08. The van der Waals surface area contributed by atoms with E-state index >= 15 is 0 Å². The summed E-state index contributed by atoms with van der Waals surface area (Å²) in [6.45, 7) is 15.3. The molecule has 0 N–H and O–H groups in total. The molecule has 0 aromatic heterocycles. The lowest BCUT2D eigenvalue weighted by Crippen LogP contribution is -2.56. The lowest BCUT2D eigenvalue weighted by molar-refractivity contribution is 0.0518. The standard InChI is InChI=1S/C11H22N2/c1-9-8-13(11(3,4)5)10(2)7-12(9)6/h10H,1,7-8H2,2-6H3/t10-/m0/s1. The second kappa shape index (κ2) is 3.33. The Kier molecular flexibility index (Phi) is 2.71. The SMILES string of the molecule is C=C1CN(C(C)(C)C)[C@@H](C)CN1C. The molecule has 0 saturated carbocycles. The Morgan fingerprint density at radius 3 is 2.38 bits per heavy atom. The van der Waals surface area contributed by atoms with Crippen molar-refractivity contribution in [3.05, 3.63) is 12.3 Å². The molecule has 1 fully saturated rings. The number of rotatable bonds is 0. The molecule has 0 aromatic rings. The van der Waals surface area contributed by atoms with E-state index < -0.39 is 0 Å². The minimum atomic E-state index is 0.254. The summed E-state index contributed by atoms with van der Waals surface area (Å²) >= 11 is 0. The van der Waals surface area contributed by atoms with Crippen molar-refractivity contribution < 1.29 is 0 Å². The molecule has 0 radical (unpaired) electrons. The zero-order valence-corrected chi connectivity index (χ0v) is 9.59. The average Bonchev–Trinajstić information content (AvgIpc) is 1.94. The molecule has 2 nitrogen and oxygen atoms in total. The van der Waals surface area contributed by atoms with E-state index in [0.717, 1.165) is 13.1 Å². The molecule has 13 heavy (non-hydrogen) atoms. The molecule has 1 atom stereocenters. The summed E-state index contributed by atoms with van der Waals surface area (Å²) in [7, 11) is 2.12. The van der Waals surface area contributed by atoms with Crippen molar-refractivity contribution in [1.29, 1.82) is 0 Å². The summed E-state index contributed by atoms with van der Waals surface area (Å²) in [5.41, 5.74) is 1.48. The van der Waals surface area contributed by atoms with Gasteiger partial charge in [0.25, 0.3) is 0 Å². The Morgan fingerprint density at radius 1 is 1.38 bits per heavy atom. The van der Waals surface area contributed by atoms with Crippen molar-refractivity contribution in [3.8, 4) is 0 Å². The molecule has 1 aliphatic rings. The molecule has 0 unspecified atom stereocenters. The van der Waals surface area contributed by atoms with Crippen molar-refractivity contribution in [1.82, 2.24) is 9.80 Å². The lowest BCUT2D eigenvalue weighted by atomic mass is 10.0. The van der Waals surface area contributed by atoms with Gasteiger partial charge in [0, 0.05) is 37.4 Å². The molecule has 1 saturated heterocycles. The largest absolute Gasteiger partial charge is 0.376 e. The molecule has 1 rings (SSSR count). The van der Waals surface area contributed by atoms with Crippen LogP contribution in [0.25, 0.3) is 0 Å². The fourth-order valence-corrected chi connectivity index (χ4v) is 2.00. The first kappa shape index (κ1) is 10.6. The van der Waals surface area contributed by atoms with E-state index in [1.807, 2.05) is 0 Å². The van der Waals surface area contributed by atoms with E-state index in [9.17, 15) is 0 Å². The summed E-state index contributed by atoms with van der Waals surface area (Å²) in [4.78, 5) is 4.77. The fraction of sp³-hybridized carbons (Fsp3) is 0.818. The molecule has 2 heteroatoms. The van der Waals surface area contributed by atoms with E-state index in [-0.39, 0.29) is 5.54 Å². The van der Waals surface area contributed by atoms with E-state index in [0.29, 0.717) is 6.04 Å². The van der Waals surface area contributed by atoms with E-state index in [4.69, 9.17) is 0 Å². The number of hydrogen-bond donors (Lipinski definition) is 0. The van der Waals surface area contributed by atoms with Crippen molar-refractivity contribution in [3.63, 3.8) is 0 Å². The molecule has 1 heterocycles. The summed E-state index contributed by atoms with van der Waals surface area (Å²) in [6.07, 6.45) is 0. The van der Waals surface area contributed by atoms with Gasteiger partial charge in [-0.3, -0.25) is 4.90 Å². The zero-order valence-electron chi connectivity index (χ0n) is 9.59. The monoisotopic (exact) mass is 182 g/mol. The molecule has 0 aliphatic carbocycles. The number of nitrogens with zero attached hydrogens (tertiary/aromatic N) is 2. The van der Waals surface area contributed by atoms with Crippen molar-refractivity contribution in [2.24, 2.45) is 0 Å². The third-order valence-corrected chi connectivity index (χ3v) is 2.82. The van der Waals surface area contributed by atoms with Crippen LogP contribution in [0.1, 0.15) is 27.7 Å². The Bertz CT molecular complexity index is 203. The van der Waals surface area contributed by atoms with Crippen molar-refractivity contribution >= 4 is 0 Å². The fourth-order valence-electron chi connectivity index (χ4n) is 2.00. The third-order valence-electron chi connectivity index (χ3n) is 2.82. The van der Waals surface area contributed by atoms with E-state index in [1.165, 1.54) is 5.70 Å². The molecule has 76 valence electrons. The van der Waals surface area contributed by atoms with Crippen LogP contribution in [0.5, 0.6) is 0 Å². The van der Waals surface area contributed by atoms with Gasteiger partial charge in [-0.2, -0.15) is 0 Å². The lowest BCUT2D eigenvalue weighted by Gasteiger charge is -2.47. The average molecular weight is 182 g/mol. The van der Waals surface area contributed by atoms with E-state index in [2.05, 4.69) is 51.1 Å². The maximum atomic E-state index is 4.08. The van der Waals surface area contributed by atoms with Crippen LogP contribution in [0, 0.1) is 0 Å². The van der Waals surface area contributed by atoms with Gasteiger partial charge in [0.15, 0.2) is 0 Å². The van der Waals surface area contributed by atoms with E-state index in [1.54, 1.807) is 0 Å². The molecule has 0 amide bonds. The van der Waals surface area contributed by atoms with Crippen LogP contribution in [-0.2, 0) is 0 Å². The van der Waals surface area contributed by atoms with Crippen LogP contribution in [0.3, 0.4) is 0 Å². The van der Waals surface area contributed by atoms with Gasteiger partial charge in [-0.1, -0.05) is 6.58 Å². The Balaban J connectivity index is 2.73. The van der Waals surface area contributed by atoms with Crippen molar-refractivity contribution in [2.45, 2.75) is 39.3 Å². The Morgan fingerprint density at radius 2 is 1.92 bits per heavy atom.